The summed E-state index contributed by atoms with van der Waals surface area (Å²) >= 11 is 0. The average molecular weight is 383 g/mol. The number of nitrogens with zero attached hydrogens (tertiary/aromatic N) is 4. The Morgan fingerprint density at radius 2 is 1.76 bits per heavy atom. The van der Waals surface area contributed by atoms with Crippen LogP contribution in [0.3, 0.4) is 0 Å². The molecule has 0 spiro atoms. The molecule has 0 aliphatic heterocycles. The van der Waals surface area contributed by atoms with Crippen LogP contribution in [0.15, 0.2) is 83.5 Å². The van der Waals surface area contributed by atoms with Gasteiger partial charge in [-0.25, -0.2) is 4.68 Å². The maximum Gasteiger partial charge on any atom is 0.249 e. The SMILES string of the molecule is O=C(Nc1ccc2c(c1)oc1ccccc12)C(Cc1ccccc1)n1cnnn1. The second kappa shape index (κ2) is 7.20. The second-order valence-corrected chi connectivity index (χ2v) is 6.79. The zero-order chi connectivity index (χ0) is 19.6. The molecule has 0 saturated heterocycles. The Bertz CT molecular complexity index is 1280. The van der Waals surface area contributed by atoms with E-state index in [1.165, 1.54) is 11.0 Å². The summed E-state index contributed by atoms with van der Waals surface area (Å²) < 4.78 is 7.39. The largest absolute Gasteiger partial charge is 0.456 e. The fraction of sp³-hybridized carbons (Fsp3) is 0.0909. The molecule has 1 amide bonds. The minimum Gasteiger partial charge on any atom is -0.456 e. The van der Waals surface area contributed by atoms with E-state index in [0.717, 1.165) is 27.5 Å². The number of carbonyl (C=O) groups is 1. The minimum atomic E-state index is -0.571. The summed E-state index contributed by atoms with van der Waals surface area (Å²) in [5.74, 6) is -0.198. The van der Waals surface area contributed by atoms with E-state index in [9.17, 15) is 4.79 Å². The topological polar surface area (TPSA) is 85.8 Å². The molecule has 5 aromatic rings. The van der Waals surface area contributed by atoms with Crippen molar-refractivity contribution in [3.63, 3.8) is 0 Å². The third kappa shape index (κ3) is 3.34. The standard InChI is InChI=1S/C22H17N5O2/c28-22(19(27-14-23-25-26-27)12-15-6-2-1-3-7-15)24-16-10-11-18-17-8-4-5-9-20(17)29-21(18)13-16/h1-11,13-14,19H,12H2,(H,24,28). The van der Waals surface area contributed by atoms with Crippen LogP contribution in [0.5, 0.6) is 0 Å². The molecule has 7 nitrogen and oxygen atoms in total. The molecule has 0 bridgehead atoms. The van der Waals surface area contributed by atoms with Crippen molar-refractivity contribution in [2.45, 2.75) is 12.5 Å². The van der Waals surface area contributed by atoms with Crippen molar-refractivity contribution in [3.8, 4) is 0 Å². The lowest BCUT2D eigenvalue weighted by Gasteiger charge is -2.16. The van der Waals surface area contributed by atoms with Gasteiger partial charge in [0.2, 0.25) is 5.91 Å². The number of furan rings is 1. The van der Waals surface area contributed by atoms with E-state index >= 15 is 0 Å². The number of aromatic nitrogens is 4. The molecule has 2 heterocycles. The number of hydrogen-bond acceptors (Lipinski definition) is 5. The van der Waals surface area contributed by atoms with E-state index in [-0.39, 0.29) is 5.91 Å². The molecule has 1 N–H and O–H groups in total. The van der Waals surface area contributed by atoms with Crippen LogP contribution < -0.4 is 5.32 Å². The van der Waals surface area contributed by atoms with Crippen molar-refractivity contribution in [1.29, 1.82) is 0 Å². The summed E-state index contributed by atoms with van der Waals surface area (Å²) in [7, 11) is 0. The molecule has 2 aromatic heterocycles. The first-order valence-corrected chi connectivity index (χ1v) is 9.26. The smallest absolute Gasteiger partial charge is 0.249 e. The van der Waals surface area contributed by atoms with Crippen LogP contribution in [0.2, 0.25) is 0 Å². The quantitative estimate of drug-likeness (QED) is 0.496. The fourth-order valence-electron chi connectivity index (χ4n) is 3.48. The maximum atomic E-state index is 13.1. The molecular formula is C22H17N5O2. The van der Waals surface area contributed by atoms with Gasteiger partial charge in [-0.2, -0.15) is 0 Å². The van der Waals surface area contributed by atoms with Crippen LogP contribution in [0.4, 0.5) is 5.69 Å². The summed E-state index contributed by atoms with van der Waals surface area (Å²) in [6.45, 7) is 0. The van der Waals surface area contributed by atoms with Crippen LogP contribution in [0.1, 0.15) is 11.6 Å². The lowest BCUT2D eigenvalue weighted by atomic mass is 10.1. The lowest BCUT2D eigenvalue weighted by Crippen LogP contribution is -2.28. The molecule has 0 fully saturated rings. The van der Waals surface area contributed by atoms with Gasteiger partial charge in [0.1, 0.15) is 23.5 Å². The number of nitrogens with one attached hydrogen (secondary N) is 1. The van der Waals surface area contributed by atoms with Gasteiger partial charge in [-0.15, -0.1) is 5.10 Å². The Hall–Kier alpha value is -4.00. The number of fused-ring (bicyclic) bond motifs is 3. The monoisotopic (exact) mass is 383 g/mol. The van der Waals surface area contributed by atoms with E-state index in [0.29, 0.717) is 12.1 Å². The predicted octanol–water partition coefficient (Wildman–Crippen LogP) is 4.00. The first kappa shape index (κ1) is 17.1. The van der Waals surface area contributed by atoms with E-state index in [1.807, 2.05) is 72.8 Å². The van der Waals surface area contributed by atoms with Gasteiger partial charge >= 0.3 is 0 Å². The number of anilines is 1. The van der Waals surface area contributed by atoms with E-state index in [1.54, 1.807) is 0 Å². The Morgan fingerprint density at radius 1 is 0.966 bits per heavy atom. The zero-order valence-corrected chi connectivity index (χ0v) is 15.4. The molecule has 5 rings (SSSR count). The van der Waals surface area contributed by atoms with E-state index in [4.69, 9.17) is 4.42 Å². The number of para-hydroxylation sites is 1. The van der Waals surface area contributed by atoms with Gasteiger partial charge in [0.25, 0.3) is 0 Å². The number of rotatable bonds is 5. The van der Waals surface area contributed by atoms with Crippen LogP contribution >= 0.6 is 0 Å². The molecule has 3 aromatic carbocycles. The molecule has 142 valence electrons. The number of carbonyl (C=O) groups excluding carboxylic acids is 1. The highest BCUT2D eigenvalue weighted by molar-refractivity contribution is 6.06. The molecule has 0 aliphatic rings. The van der Waals surface area contributed by atoms with Gasteiger partial charge < -0.3 is 9.73 Å². The fourth-order valence-corrected chi connectivity index (χ4v) is 3.48. The summed E-state index contributed by atoms with van der Waals surface area (Å²) in [5, 5.41) is 16.3. The normalized spacial score (nSPS) is 12.3. The molecule has 0 saturated carbocycles. The van der Waals surface area contributed by atoms with Gasteiger partial charge in [0, 0.05) is 28.9 Å². The summed E-state index contributed by atoms with van der Waals surface area (Å²) in [6.07, 6.45) is 1.93. The Labute approximate surface area is 165 Å². The number of amides is 1. The van der Waals surface area contributed by atoms with Gasteiger partial charge in [-0.1, -0.05) is 48.5 Å². The average Bonchev–Trinajstić information content (AvgIpc) is 3.40. The predicted molar refractivity (Wildman–Crippen MR) is 109 cm³/mol. The highest BCUT2D eigenvalue weighted by Gasteiger charge is 2.23. The molecule has 1 unspecified atom stereocenters. The van der Waals surface area contributed by atoms with Crippen LogP contribution in [0, 0.1) is 0 Å². The Kier molecular flexibility index (Phi) is 4.25. The summed E-state index contributed by atoms with van der Waals surface area (Å²) in [4.78, 5) is 13.1. The highest BCUT2D eigenvalue weighted by Crippen LogP contribution is 2.30. The van der Waals surface area contributed by atoms with Crippen LogP contribution in [-0.4, -0.2) is 26.1 Å². The van der Waals surface area contributed by atoms with Gasteiger partial charge in [-0.05, 0) is 34.2 Å². The summed E-state index contributed by atoms with van der Waals surface area (Å²) in [6, 6.07) is 22.8. The number of benzene rings is 3. The Morgan fingerprint density at radius 3 is 2.59 bits per heavy atom. The van der Waals surface area contributed by atoms with Crippen LogP contribution in [0.25, 0.3) is 21.9 Å². The molecule has 1 atom stereocenters. The second-order valence-electron chi connectivity index (χ2n) is 6.79. The van der Waals surface area contributed by atoms with Gasteiger partial charge in [0.05, 0.1) is 0 Å². The molecular weight excluding hydrogens is 366 g/mol. The maximum absolute atomic E-state index is 13.1. The van der Waals surface area contributed by atoms with Crippen molar-refractivity contribution in [2.75, 3.05) is 5.32 Å². The number of hydrogen-bond donors (Lipinski definition) is 1. The highest BCUT2D eigenvalue weighted by atomic mass is 16.3. The first-order chi connectivity index (χ1) is 14.3. The lowest BCUT2D eigenvalue weighted by molar-refractivity contribution is -0.119. The molecule has 7 heteroatoms. The van der Waals surface area contributed by atoms with Crippen molar-refractivity contribution in [1.82, 2.24) is 20.2 Å². The van der Waals surface area contributed by atoms with Gasteiger partial charge in [0.15, 0.2) is 0 Å². The molecule has 29 heavy (non-hydrogen) atoms. The van der Waals surface area contributed by atoms with Crippen molar-refractivity contribution in [2.24, 2.45) is 0 Å². The minimum absolute atomic E-state index is 0.198. The van der Waals surface area contributed by atoms with E-state index < -0.39 is 6.04 Å². The zero-order valence-electron chi connectivity index (χ0n) is 15.4. The third-order valence-corrected chi connectivity index (χ3v) is 4.91. The van der Waals surface area contributed by atoms with Crippen LogP contribution in [-0.2, 0) is 11.2 Å². The number of tetrazole rings is 1. The van der Waals surface area contributed by atoms with Crippen molar-refractivity contribution < 1.29 is 9.21 Å². The third-order valence-electron chi connectivity index (χ3n) is 4.91. The Balaban J connectivity index is 1.44. The van der Waals surface area contributed by atoms with Gasteiger partial charge in [-0.3, -0.25) is 4.79 Å². The van der Waals surface area contributed by atoms with E-state index in [2.05, 4.69) is 20.8 Å². The summed E-state index contributed by atoms with van der Waals surface area (Å²) in [5.41, 5.74) is 3.23. The first-order valence-electron chi connectivity index (χ1n) is 9.26. The molecule has 0 aliphatic carbocycles. The van der Waals surface area contributed by atoms with Crippen molar-refractivity contribution in [3.05, 3.63) is 84.7 Å². The molecule has 0 radical (unpaired) electrons. The van der Waals surface area contributed by atoms with Crippen molar-refractivity contribution >= 4 is 33.5 Å².